The fraction of sp³-hybridized carbons (Fsp3) is 0.737. The first kappa shape index (κ1) is 50.7. The molecule has 1 aromatic carbocycles. The minimum absolute atomic E-state index is 0.00766. The molecule has 322 valence electrons. The lowest BCUT2D eigenvalue weighted by Gasteiger charge is -2.09. The van der Waals surface area contributed by atoms with Crippen molar-refractivity contribution in [3.63, 3.8) is 0 Å². The van der Waals surface area contributed by atoms with E-state index in [4.69, 9.17) is 61.9 Å². The summed E-state index contributed by atoms with van der Waals surface area (Å²) in [6.45, 7) is 11.4. The quantitative estimate of drug-likeness (QED) is 0.0551. The molecular formula is C38H63NO17. The Bertz CT molecular complexity index is 1110. The number of carboxylic acids is 1. The average Bonchev–Trinajstić information content (AvgIpc) is 3.20. The molecule has 1 rings (SSSR count). The van der Waals surface area contributed by atoms with E-state index in [-0.39, 0.29) is 32.2 Å². The molecule has 0 aliphatic carbocycles. The van der Waals surface area contributed by atoms with Crippen molar-refractivity contribution in [2.45, 2.75) is 32.6 Å². The zero-order chi connectivity index (χ0) is 40.6. The Balaban J connectivity index is 1.69. The van der Waals surface area contributed by atoms with Gasteiger partial charge in [0.2, 0.25) is 5.78 Å². The summed E-state index contributed by atoms with van der Waals surface area (Å²) >= 11 is 0. The molecule has 0 spiro atoms. The number of aliphatic carboxylic acids is 1. The van der Waals surface area contributed by atoms with Crippen LogP contribution in [0.2, 0.25) is 0 Å². The summed E-state index contributed by atoms with van der Waals surface area (Å²) in [5.74, 6) is -3.62. The molecule has 0 aliphatic heterocycles. The molecule has 18 heteroatoms. The number of esters is 2. The highest BCUT2D eigenvalue weighted by Gasteiger charge is 2.14. The molecule has 2 N–H and O–H groups in total. The Morgan fingerprint density at radius 2 is 0.821 bits per heavy atom. The van der Waals surface area contributed by atoms with Crippen LogP contribution in [0.4, 0.5) is 5.69 Å². The SMILES string of the molecule is CCCCNc1ccc(C(=O)OCCOCCOCCOCCOCCOCCOCCOCCOCCOCCOCCOC(=O)CCC(=O)C(=O)O)cc1. The summed E-state index contributed by atoms with van der Waals surface area (Å²) < 4.78 is 64.4. The summed E-state index contributed by atoms with van der Waals surface area (Å²) in [4.78, 5) is 44.8. The van der Waals surface area contributed by atoms with Gasteiger partial charge in [0.25, 0.3) is 0 Å². The predicted octanol–water partition coefficient (Wildman–Crippen LogP) is 2.20. The van der Waals surface area contributed by atoms with Crippen molar-refractivity contribution in [1.82, 2.24) is 0 Å². The molecule has 0 fully saturated rings. The maximum absolute atomic E-state index is 12.1. The molecule has 56 heavy (non-hydrogen) atoms. The molecular weight excluding hydrogens is 742 g/mol. The van der Waals surface area contributed by atoms with E-state index in [0.29, 0.717) is 131 Å². The lowest BCUT2D eigenvalue weighted by atomic mass is 10.2. The molecule has 0 saturated heterocycles. The second kappa shape index (κ2) is 38.6. The van der Waals surface area contributed by atoms with Gasteiger partial charge in [0.05, 0.1) is 144 Å². The van der Waals surface area contributed by atoms with Crippen LogP contribution in [0.5, 0.6) is 0 Å². The highest BCUT2D eigenvalue weighted by Crippen LogP contribution is 2.11. The summed E-state index contributed by atoms with van der Waals surface area (Å²) in [6, 6.07) is 7.25. The molecule has 0 atom stereocenters. The van der Waals surface area contributed by atoms with Crippen LogP contribution in [0.3, 0.4) is 0 Å². The number of nitrogens with one attached hydrogen (secondary N) is 1. The van der Waals surface area contributed by atoms with Crippen LogP contribution in [0.15, 0.2) is 24.3 Å². The molecule has 0 bridgehead atoms. The highest BCUT2D eigenvalue weighted by molar-refractivity contribution is 6.32. The van der Waals surface area contributed by atoms with Crippen molar-refractivity contribution in [3.8, 4) is 0 Å². The fourth-order valence-electron chi connectivity index (χ4n) is 4.10. The van der Waals surface area contributed by atoms with Gasteiger partial charge in [-0.15, -0.1) is 0 Å². The monoisotopic (exact) mass is 805 g/mol. The van der Waals surface area contributed by atoms with E-state index >= 15 is 0 Å². The number of rotatable bonds is 42. The topological polar surface area (TPSA) is 211 Å². The molecule has 0 heterocycles. The van der Waals surface area contributed by atoms with Gasteiger partial charge in [-0.2, -0.15) is 0 Å². The number of carbonyl (C=O) groups excluding carboxylic acids is 3. The third-order valence-electron chi connectivity index (χ3n) is 7.07. The first-order valence-electron chi connectivity index (χ1n) is 19.1. The van der Waals surface area contributed by atoms with E-state index in [1.54, 1.807) is 12.1 Å². The molecule has 0 aromatic heterocycles. The van der Waals surface area contributed by atoms with E-state index in [1.165, 1.54) is 0 Å². The summed E-state index contributed by atoms with van der Waals surface area (Å²) in [5.41, 5.74) is 1.49. The number of anilines is 1. The van der Waals surface area contributed by atoms with E-state index in [1.807, 2.05) is 12.1 Å². The number of ether oxygens (including phenoxy) is 12. The van der Waals surface area contributed by atoms with Gasteiger partial charge in [-0.25, -0.2) is 9.59 Å². The van der Waals surface area contributed by atoms with Gasteiger partial charge in [-0.05, 0) is 30.7 Å². The Morgan fingerprint density at radius 3 is 1.16 bits per heavy atom. The van der Waals surface area contributed by atoms with E-state index < -0.39 is 24.1 Å². The molecule has 1 aromatic rings. The predicted molar refractivity (Wildman–Crippen MR) is 201 cm³/mol. The van der Waals surface area contributed by atoms with Gasteiger partial charge in [0.15, 0.2) is 0 Å². The van der Waals surface area contributed by atoms with Gasteiger partial charge >= 0.3 is 17.9 Å². The zero-order valence-corrected chi connectivity index (χ0v) is 32.9. The first-order valence-corrected chi connectivity index (χ1v) is 19.1. The average molecular weight is 806 g/mol. The number of unbranched alkanes of at least 4 members (excludes halogenated alkanes) is 1. The number of carboxylic acid groups (broad SMARTS) is 1. The molecule has 0 radical (unpaired) electrons. The summed E-state index contributed by atoms with van der Waals surface area (Å²) in [7, 11) is 0. The molecule has 0 amide bonds. The lowest BCUT2D eigenvalue weighted by molar-refractivity contribution is -0.151. The van der Waals surface area contributed by atoms with Crippen molar-refractivity contribution >= 4 is 29.4 Å². The van der Waals surface area contributed by atoms with E-state index in [0.717, 1.165) is 25.1 Å². The number of ketones is 1. The first-order chi connectivity index (χ1) is 27.4. The molecule has 0 aliphatic rings. The summed E-state index contributed by atoms with van der Waals surface area (Å²) in [6.07, 6.45) is 1.55. The van der Waals surface area contributed by atoms with Crippen LogP contribution < -0.4 is 5.32 Å². The van der Waals surface area contributed by atoms with Crippen LogP contribution in [0.25, 0.3) is 0 Å². The number of carbonyl (C=O) groups is 4. The zero-order valence-electron chi connectivity index (χ0n) is 32.9. The maximum Gasteiger partial charge on any atom is 0.372 e. The molecule has 0 saturated carbocycles. The van der Waals surface area contributed by atoms with Gasteiger partial charge in [-0.1, -0.05) is 13.3 Å². The van der Waals surface area contributed by atoms with Gasteiger partial charge in [-0.3, -0.25) is 9.59 Å². The third kappa shape index (κ3) is 32.9. The second-order valence-corrected chi connectivity index (χ2v) is 11.6. The largest absolute Gasteiger partial charge is 0.476 e. The third-order valence-corrected chi connectivity index (χ3v) is 7.07. The Kier molecular flexibility index (Phi) is 34.9. The van der Waals surface area contributed by atoms with Crippen molar-refractivity contribution in [1.29, 1.82) is 0 Å². The van der Waals surface area contributed by atoms with Crippen LogP contribution in [-0.4, -0.2) is 181 Å². The molecule has 0 unspecified atom stereocenters. The van der Waals surface area contributed by atoms with Crippen molar-refractivity contribution in [3.05, 3.63) is 29.8 Å². The van der Waals surface area contributed by atoms with E-state index in [9.17, 15) is 19.2 Å². The lowest BCUT2D eigenvalue weighted by Crippen LogP contribution is -2.17. The van der Waals surface area contributed by atoms with Crippen LogP contribution in [-0.2, 0) is 71.2 Å². The fourth-order valence-corrected chi connectivity index (χ4v) is 4.10. The van der Waals surface area contributed by atoms with Crippen LogP contribution in [0, 0.1) is 0 Å². The standard InChI is InChI=1S/C38H63NO17/c1-2-3-10-39-34-6-4-33(5-7-34)38(44)56-32-30-54-28-26-52-24-22-50-20-18-48-16-14-46-12-11-45-13-15-47-17-19-49-21-23-51-25-27-53-29-31-55-36(41)9-8-35(40)37(42)43/h4-7,39H,2-3,8-32H2,1H3,(H,42,43). The van der Waals surface area contributed by atoms with Crippen LogP contribution >= 0.6 is 0 Å². The Hall–Kier alpha value is -3.30. The smallest absolute Gasteiger partial charge is 0.372 e. The van der Waals surface area contributed by atoms with Gasteiger partial charge in [0.1, 0.15) is 13.2 Å². The Labute approximate surface area is 329 Å². The molecule has 18 nitrogen and oxygen atoms in total. The number of hydrogen-bond donors (Lipinski definition) is 2. The maximum atomic E-state index is 12.1. The number of benzene rings is 1. The van der Waals surface area contributed by atoms with E-state index in [2.05, 4.69) is 12.2 Å². The van der Waals surface area contributed by atoms with Crippen LogP contribution in [0.1, 0.15) is 43.0 Å². The van der Waals surface area contributed by atoms with Crippen molar-refractivity contribution in [2.24, 2.45) is 0 Å². The second-order valence-electron chi connectivity index (χ2n) is 11.6. The van der Waals surface area contributed by atoms with Gasteiger partial charge < -0.3 is 67.3 Å². The Morgan fingerprint density at radius 1 is 0.482 bits per heavy atom. The highest BCUT2D eigenvalue weighted by atomic mass is 16.6. The summed E-state index contributed by atoms with van der Waals surface area (Å²) in [5, 5.41) is 11.8. The minimum atomic E-state index is -1.57. The number of hydrogen-bond acceptors (Lipinski definition) is 17. The van der Waals surface area contributed by atoms with Gasteiger partial charge in [0, 0.05) is 18.7 Å². The number of Topliss-reactive ketones (excluding diaryl/α,β-unsaturated/α-hetero) is 1. The normalized spacial score (nSPS) is 11.1. The minimum Gasteiger partial charge on any atom is -0.476 e. The van der Waals surface area contributed by atoms with Crippen molar-refractivity contribution in [2.75, 3.05) is 157 Å². The van der Waals surface area contributed by atoms with Crippen molar-refractivity contribution < 1.29 is 81.1 Å².